The minimum absolute atomic E-state index is 0.231. The molecular weight excluding hydrogens is 156 g/mol. The quantitative estimate of drug-likeness (QED) is 0.490. The maximum atomic E-state index is 5.17. The van der Waals surface area contributed by atoms with Crippen LogP contribution in [0.1, 0.15) is 20.8 Å². The maximum absolute atomic E-state index is 5.17. The zero-order chi connectivity index (χ0) is 9.03. The molecule has 0 aliphatic carbocycles. The van der Waals surface area contributed by atoms with E-state index in [1.54, 1.807) is 0 Å². The summed E-state index contributed by atoms with van der Waals surface area (Å²) in [5.74, 6) is 0. The monoisotopic (exact) mass is 174 g/mol. The molecule has 0 radical (unpaired) electrons. The molecular formula is C8H18N2O2. The van der Waals surface area contributed by atoms with Gasteiger partial charge < -0.3 is 5.32 Å². The summed E-state index contributed by atoms with van der Waals surface area (Å²) in [6, 6.07) is 0. The normalized spacial score (nSPS) is 21.2. The molecule has 0 atom stereocenters. The predicted molar refractivity (Wildman–Crippen MR) is 46.4 cm³/mol. The number of hydroxylamine groups is 2. The summed E-state index contributed by atoms with van der Waals surface area (Å²) in [6.45, 7) is 9.60. The van der Waals surface area contributed by atoms with Gasteiger partial charge >= 0.3 is 0 Å². The van der Waals surface area contributed by atoms with E-state index in [2.05, 4.69) is 5.32 Å². The van der Waals surface area contributed by atoms with Gasteiger partial charge in [-0.15, -0.1) is 4.99 Å². The molecule has 0 aromatic rings. The Morgan fingerprint density at radius 1 is 1.17 bits per heavy atom. The average Bonchev–Trinajstić information content (AvgIpc) is 2.02. The van der Waals surface area contributed by atoms with Crippen molar-refractivity contribution in [2.75, 3.05) is 26.2 Å². The van der Waals surface area contributed by atoms with Crippen LogP contribution in [0.2, 0.25) is 0 Å². The van der Waals surface area contributed by atoms with Crippen LogP contribution >= 0.6 is 0 Å². The smallest absolute Gasteiger partial charge is 0.0972 e. The third-order valence-corrected chi connectivity index (χ3v) is 1.47. The standard InChI is InChI=1S/C8H18N2O2/c1-8(2,3)11-12-10-6-4-9-5-7-10/h9H,4-7H2,1-3H3. The van der Waals surface area contributed by atoms with E-state index >= 15 is 0 Å². The van der Waals surface area contributed by atoms with Crippen molar-refractivity contribution in [1.29, 1.82) is 0 Å². The fourth-order valence-corrected chi connectivity index (χ4v) is 0.883. The molecule has 4 nitrogen and oxygen atoms in total. The van der Waals surface area contributed by atoms with Gasteiger partial charge in [0.15, 0.2) is 0 Å². The van der Waals surface area contributed by atoms with Gasteiger partial charge in [-0.2, -0.15) is 5.06 Å². The SMILES string of the molecule is CC(C)(C)OON1CCNCC1. The molecule has 1 aliphatic rings. The van der Waals surface area contributed by atoms with E-state index in [9.17, 15) is 0 Å². The Morgan fingerprint density at radius 3 is 2.25 bits per heavy atom. The third kappa shape index (κ3) is 4.01. The van der Waals surface area contributed by atoms with Crippen molar-refractivity contribution in [2.45, 2.75) is 26.4 Å². The molecule has 0 aromatic heterocycles. The molecule has 0 unspecified atom stereocenters. The van der Waals surface area contributed by atoms with Gasteiger partial charge in [-0.05, 0) is 20.8 Å². The number of nitrogens with zero attached hydrogens (tertiary/aromatic N) is 1. The Kier molecular flexibility index (Phi) is 3.46. The van der Waals surface area contributed by atoms with Crippen LogP contribution in [-0.4, -0.2) is 36.8 Å². The zero-order valence-corrected chi connectivity index (χ0v) is 8.09. The van der Waals surface area contributed by atoms with E-state index in [-0.39, 0.29) is 5.60 Å². The summed E-state index contributed by atoms with van der Waals surface area (Å²) < 4.78 is 0. The van der Waals surface area contributed by atoms with Crippen LogP contribution in [0.25, 0.3) is 0 Å². The average molecular weight is 174 g/mol. The molecule has 1 saturated heterocycles. The van der Waals surface area contributed by atoms with Crippen LogP contribution in [0.4, 0.5) is 0 Å². The Labute approximate surface area is 73.7 Å². The van der Waals surface area contributed by atoms with Crippen LogP contribution in [0, 0.1) is 0 Å². The molecule has 72 valence electrons. The van der Waals surface area contributed by atoms with E-state index < -0.39 is 0 Å². The molecule has 1 aliphatic heterocycles. The Hall–Kier alpha value is -0.160. The van der Waals surface area contributed by atoms with Crippen LogP contribution in [0.15, 0.2) is 0 Å². The van der Waals surface area contributed by atoms with Gasteiger partial charge in [-0.1, -0.05) is 0 Å². The lowest BCUT2D eigenvalue weighted by atomic mass is 10.2. The van der Waals surface area contributed by atoms with E-state index in [1.165, 1.54) is 0 Å². The van der Waals surface area contributed by atoms with Crippen molar-refractivity contribution in [3.8, 4) is 0 Å². The number of hydrogen-bond donors (Lipinski definition) is 1. The first-order valence-corrected chi connectivity index (χ1v) is 4.39. The molecule has 0 bridgehead atoms. The molecule has 12 heavy (non-hydrogen) atoms. The fraction of sp³-hybridized carbons (Fsp3) is 1.00. The van der Waals surface area contributed by atoms with Crippen molar-refractivity contribution < 1.29 is 9.88 Å². The highest BCUT2D eigenvalue weighted by atomic mass is 17.3. The van der Waals surface area contributed by atoms with Crippen LogP contribution in [0.5, 0.6) is 0 Å². The first-order chi connectivity index (χ1) is 5.58. The van der Waals surface area contributed by atoms with E-state index in [0.29, 0.717) is 0 Å². The van der Waals surface area contributed by atoms with Crippen LogP contribution < -0.4 is 5.32 Å². The maximum Gasteiger partial charge on any atom is 0.0972 e. The van der Waals surface area contributed by atoms with Crippen molar-refractivity contribution in [1.82, 2.24) is 10.4 Å². The lowest BCUT2D eigenvalue weighted by molar-refractivity contribution is -0.462. The minimum Gasteiger partial charge on any atom is -0.314 e. The highest BCUT2D eigenvalue weighted by Gasteiger charge is 2.16. The highest BCUT2D eigenvalue weighted by molar-refractivity contribution is 4.60. The highest BCUT2D eigenvalue weighted by Crippen LogP contribution is 2.08. The van der Waals surface area contributed by atoms with Crippen molar-refractivity contribution in [3.05, 3.63) is 0 Å². The second-order valence-electron chi connectivity index (χ2n) is 3.95. The second-order valence-corrected chi connectivity index (χ2v) is 3.95. The van der Waals surface area contributed by atoms with Crippen LogP contribution in [0.3, 0.4) is 0 Å². The summed E-state index contributed by atoms with van der Waals surface area (Å²) in [5, 5.41) is 5.07. The number of nitrogens with one attached hydrogen (secondary N) is 1. The summed E-state index contributed by atoms with van der Waals surface area (Å²) in [4.78, 5) is 10.3. The molecule has 0 spiro atoms. The van der Waals surface area contributed by atoms with Gasteiger partial charge in [0.25, 0.3) is 0 Å². The van der Waals surface area contributed by atoms with Crippen molar-refractivity contribution >= 4 is 0 Å². The summed E-state index contributed by atoms with van der Waals surface area (Å²) in [7, 11) is 0. The first-order valence-electron chi connectivity index (χ1n) is 4.39. The van der Waals surface area contributed by atoms with Gasteiger partial charge in [0.05, 0.1) is 5.60 Å². The van der Waals surface area contributed by atoms with E-state index in [4.69, 9.17) is 9.88 Å². The largest absolute Gasteiger partial charge is 0.314 e. The van der Waals surface area contributed by atoms with E-state index in [1.807, 2.05) is 25.8 Å². The Morgan fingerprint density at radius 2 is 1.75 bits per heavy atom. The summed E-state index contributed by atoms with van der Waals surface area (Å²) >= 11 is 0. The molecule has 1 N–H and O–H groups in total. The lowest BCUT2D eigenvalue weighted by Crippen LogP contribution is -2.44. The third-order valence-electron chi connectivity index (χ3n) is 1.47. The van der Waals surface area contributed by atoms with Gasteiger partial charge in [-0.3, -0.25) is 0 Å². The zero-order valence-electron chi connectivity index (χ0n) is 8.09. The predicted octanol–water partition coefficient (Wildman–Crippen LogP) is 0.553. The van der Waals surface area contributed by atoms with E-state index in [0.717, 1.165) is 26.2 Å². The number of piperazine rings is 1. The molecule has 0 saturated carbocycles. The molecule has 0 aromatic carbocycles. The topological polar surface area (TPSA) is 33.7 Å². The molecule has 4 heteroatoms. The molecule has 1 fully saturated rings. The summed E-state index contributed by atoms with van der Waals surface area (Å²) in [5.41, 5.74) is -0.231. The van der Waals surface area contributed by atoms with Gasteiger partial charge in [0.1, 0.15) is 0 Å². The minimum atomic E-state index is -0.231. The fourth-order valence-electron chi connectivity index (χ4n) is 0.883. The number of hydrogen-bond acceptors (Lipinski definition) is 4. The van der Waals surface area contributed by atoms with Crippen LogP contribution in [-0.2, 0) is 9.88 Å². The second kappa shape index (κ2) is 4.18. The van der Waals surface area contributed by atoms with Crippen molar-refractivity contribution in [3.63, 3.8) is 0 Å². The first kappa shape index (κ1) is 9.92. The Bertz CT molecular complexity index is 128. The summed E-state index contributed by atoms with van der Waals surface area (Å²) in [6.07, 6.45) is 0. The van der Waals surface area contributed by atoms with Gasteiger partial charge in [0.2, 0.25) is 0 Å². The Balaban J connectivity index is 2.13. The lowest BCUT2D eigenvalue weighted by Gasteiger charge is -2.28. The number of rotatable bonds is 2. The molecule has 1 rings (SSSR count). The van der Waals surface area contributed by atoms with Crippen molar-refractivity contribution in [2.24, 2.45) is 0 Å². The molecule has 1 heterocycles. The molecule has 0 amide bonds. The van der Waals surface area contributed by atoms with Gasteiger partial charge in [-0.25, -0.2) is 4.89 Å². The van der Waals surface area contributed by atoms with Gasteiger partial charge in [0, 0.05) is 26.2 Å².